The Morgan fingerprint density at radius 2 is 2.10 bits per heavy atom. The third-order valence-electron chi connectivity index (χ3n) is 3.32. The lowest BCUT2D eigenvalue weighted by Crippen LogP contribution is -2.04. The van der Waals surface area contributed by atoms with Gasteiger partial charge in [0.25, 0.3) is 0 Å². The van der Waals surface area contributed by atoms with Crippen molar-refractivity contribution in [2.75, 3.05) is 14.2 Å². The lowest BCUT2D eigenvalue weighted by molar-refractivity contribution is 0.0559. The van der Waals surface area contributed by atoms with E-state index >= 15 is 0 Å². The fourth-order valence-corrected chi connectivity index (χ4v) is 2.27. The van der Waals surface area contributed by atoms with Gasteiger partial charge in [-0.05, 0) is 23.3 Å². The van der Waals surface area contributed by atoms with E-state index < -0.39 is 5.97 Å². The summed E-state index contributed by atoms with van der Waals surface area (Å²) < 4.78 is 20.7. The van der Waals surface area contributed by atoms with Crippen LogP contribution in [0.2, 0.25) is 0 Å². The van der Waals surface area contributed by atoms with Crippen molar-refractivity contribution in [3.8, 4) is 11.5 Å². The van der Waals surface area contributed by atoms with E-state index in [1.165, 1.54) is 14.2 Å². The predicted molar refractivity (Wildman–Crippen MR) is 72.5 cm³/mol. The van der Waals surface area contributed by atoms with E-state index in [4.69, 9.17) is 18.6 Å². The third kappa shape index (κ3) is 2.55. The number of hydrogen-bond donors (Lipinski definition) is 0. The molecule has 6 nitrogen and oxygen atoms in total. The standard InChI is InChI=1S/C15H15NO5/c1-18-8-12-13(15(17)19-2)21-14(16-12)9-3-4-10-6-20-7-11(10)5-9/h3-5H,6-8H2,1-2H3. The number of benzene rings is 1. The van der Waals surface area contributed by atoms with Gasteiger partial charge in [-0.1, -0.05) is 6.07 Å². The number of carbonyl (C=O) groups is 1. The summed E-state index contributed by atoms with van der Waals surface area (Å²) in [7, 11) is 2.83. The van der Waals surface area contributed by atoms with Crippen LogP contribution in [0, 0.1) is 0 Å². The number of ether oxygens (including phenoxy) is 3. The average Bonchev–Trinajstić information content (AvgIpc) is 3.12. The van der Waals surface area contributed by atoms with Crippen molar-refractivity contribution < 1.29 is 23.4 Å². The number of methoxy groups -OCH3 is 2. The van der Waals surface area contributed by atoms with Crippen LogP contribution in [0.25, 0.3) is 11.5 Å². The van der Waals surface area contributed by atoms with Crippen molar-refractivity contribution >= 4 is 5.97 Å². The van der Waals surface area contributed by atoms with Gasteiger partial charge < -0.3 is 18.6 Å². The van der Waals surface area contributed by atoms with Gasteiger partial charge in [-0.3, -0.25) is 0 Å². The summed E-state index contributed by atoms with van der Waals surface area (Å²) in [5, 5.41) is 0. The Labute approximate surface area is 121 Å². The minimum atomic E-state index is -0.565. The van der Waals surface area contributed by atoms with E-state index in [1.54, 1.807) is 0 Å². The Balaban J connectivity index is 2.00. The van der Waals surface area contributed by atoms with E-state index in [-0.39, 0.29) is 12.4 Å². The van der Waals surface area contributed by atoms with Crippen LogP contribution in [0.1, 0.15) is 27.4 Å². The number of carbonyl (C=O) groups excluding carboxylic acids is 1. The molecule has 0 N–H and O–H groups in total. The molecule has 0 saturated carbocycles. The summed E-state index contributed by atoms with van der Waals surface area (Å²) >= 11 is 0. The molecule has 6 heteroatoms. The highest BCUT2D eigenvalue weighted by molar-refractivity contribution is 5.87. The van der Waals surface area contributed by atoms with Crippen LogP contribution in [0.3, 0.4) is 0 Å². The molecule has 0 spiro atoms. The number of nitrogens with zero attached hydrogens (tertiary/aromatic N) is 1. The second kappa shape index (κ2) is 5.67. The second-order valence-electron chi connectivity index (χ2n) is 4.70. The van der Waals surface area contributed by atoms with Gasteiger partial charge in [0.05, 0.1) is 26.9 Å². The molecule has 0 saturated heterocycles. The summed E-state index contributed by atoms with van der Waals surface area (Å²) in [5.41, 5.74) is 3.50. The summed E-state index contributed by atoms with van der Waals surface area (Å²) in [6.07, 6.45) is 0. The van der Waals surface area contributed by atoms with E-state index in [0.717, 1.165) is 16.7 Å². The van der Waals surface area contributed by atoms with Crippen LogP contribution in [0.5, 0.6) is 0 Å². The first-order valence-corrected chi connectivity index (χ1v) is 6.49. The highest BCUT2D eigenvalue weighted by Gasteiger charge is 2.22. The maximum absolute atomic E-state index is 11.7. The molecule has 0 aliphatic carbocycles. The van der Waals surface area contributed by atoms with Crippen molar-refractivity contribution in [1.82, 2.24) is 4.98 Å². The molecule has 21 heavy (non-hydrogen) atoms. The van der Waals surface area contributed by atoms with Crippen LogP contribution in [0.15, 0.2) is 22.6 Å². The van der Waals surface area contributed by atoms with Gasteiger partial charge in [0.2, 0.25) is 11.7 Å². The number of esters is 1. The Kier molecular flexibility index (Phi) is 3.72. The van der Waals surface area contributed by atoms with Gasteiger partial charge >= 0.3 is 5.97 Å². The molecule has 110 valence electrons. The second-order valence-corrected chi connectivity index (χ2v) is 4.70. The molecule has 1 aliphatic heterocycles. The first-order chi connectivity index (χ1) is 10.2. The molecule has 3 rings (SSSR count). The van der Waals surface area contributed by atoms with E-state index in [2.05, 4.69) is 4.98 Å². The molecular weight excluding hydrogens is 274 g/mol. The van der Waals surface area contributed by atoms with Crippen molar-refractivity contribution in [2.24, 2.45) is 0 Å². The fourth-order valence-electron chi connectivity index (χ4n) is 2.27. The number of fused-ring (bicyclic) bond motifs is 1. The normalized spacial score (nSPS) is 13.2. The molecule has 0 atom stereocenters. The maximum Gasteiger partial charge on any atom is 0.376 e. The molecule has 0 amide bonds. The molecule has 0 radical (unpaired) electrons. The molecule has 0 bridgehead atoms. The number of oxazole rings is 1. The van der Waals surface area contributed by atoms with E-state index in [0.29, 0.717) is 24.8 Å². The number of hydrogen-bond acceptors (Lipinski definition) is 6. The Bertz CT molecular complexity index is 677. The van der Waals surface area contributed by atoms with Crippen LogP contribution in [-0.4, -0.2) is 25.2 Å². The first-order valence-electron chi connectivity index (χ1n) is 6.49. The largest absolute Gasteiger partial charge is 0.463 e. The van der Waals surface area contributed by atoms with Crippen LogP contribution >= 0.6 is 0 Å². The van der Waals surface area contributed by atoms with E-state index in [9.17, 15) is 4.79 Å². The lowest BCUT2D eigenvalue weighted by Gasteiger charge is -1.99. The SMILES string of the molecule is COCc1nc(-c2ccc3c(c2)COC3)oc1C(=O)OC. The molecule has 1 aromatic heterocycles. The zero-order valence-electron chi connectivity index (χ0n) is 11.8. The van der Waals surface area contributed by atoms with Gasteiger partial charge in [0.1, 0.15) is 5.69 Å². The summed E-state index contributed by atoms with van der Waals surface area (Å²) in [4.78, 5) is 16.0. The smallest absolute Gasteiger partial charge is 0.376 e. The molecule has 0 fully saturated rings. The molecule has 2 heterocycles. The quantitative estimate of drug-likeness (QED) is 0.804. The Hall–Kier alpha value is -2.18. The van der Waals surface area contributed by atoms with Gasteiger partial charge in [0, 0.05) is 12.7 Å². The highest BCUT2D eigenvalue weighted by Crippen LogP contribution is 2.28. The molecule has 2 aromatic rings. The predicted octanol–water partition coefficient (Wildman–Crippen LogP) is 2.30. The minimum absolute atomic E-state index is 0.0751. The number of aromatic nitrogens is 1. The zero-order valence-corrected chi connectivity index (χ0v) is 11.8. The maximum atomic E-state index is 11.7. The average molecular weight is 289 g/mol. The monoisotopic (exact) mass is 289 g/mol. The topological polar surface area (TPSA) is 70.8 Å². The van der Waals surface area contributed by atoms with Gasteiger partial charge in [-0.2, -0.15) is 0 Å². The first kappa shape index (κ1) is 13.8. The van der Waals surface area contributed by atoms with E-state index in [1.807, 2.05) is 18.2 Å². The Morgan fingerprint density at radius 3 is 2.86 bits per heavy atom. The Morgan fingerprint density at radius 1 is 1.29 bits per heavy atom. The molecule has 0 unspecified atom stereocenters. The number of rotatable bonds is 4. The van der Waals surface area contributed by atoms with Crippen LogP contribution < -0.4 is 0 Å². The fraction of sp³-hybridized carbons (Fsp3) is 0.333. The summed E-state index contributed by atoms with van der Waals surface area (Å²) in [5.74, 6) is -0.117. The zero-order chi connectivity index (χ0) is 14.8. The van der Waals surface area contributed by atoms with Crippen molar-refractivity contribution in [3.63, 3.8) is 0 Å². The van der Waals surface area contributed by atoms with Gasteiger partial charge in [0.15, 0.2) is 0 Å². The van der Waals surface area contributed by atoms with Crippen molar-refractivity contribution in [3.05, 3.63) is 40.8 Å². The third-order valence-corrected chi connectivity index (χ3v) is 3.32. The molecular formula is C15H15NO5. The molecule has 1 aliphatic rings. The molecule has 1 aromatic carbocycles. The lowest BCUT2D eigenvalue weighted by atomic mass is 10.1. The minimum Gasteiger partial charge on any atom is -0.463 e. The van der Waals surface area contributed by atoms with Gasteiger partial charge in [-0.15, -0.1) is 0 Å². The summed E-state index contributed by atoms with van der Waals surface area (Å²) in [6.45, 7) is 1.39. The highest BCUT2D eigenvalue weighted by atomic mass is 16.5. The van der Waals surface area contributed by atoms with Crippen molar-refractivity contribution in [1.29, 1.82) is 0 Å². The summed E-state index contributed by atoms with van der Waals surface area (Å²) in [6, 6.07) is 5.85. The van der Waals surface area contributed by atoms with Gasteiger partial charge in [-0.25, -0.2) is 9.78 Å². The van der Waals surface area contributed by atoms with Crippen LogP contribution in [-0.2, 0) is 34.0 Å². The van der Waals surface area contributed by atoms with Crippen LogP contribution in [0.4, 0.5) is 0 Å². The van der Waals surface area contributed by atoms with Crippen molar-refractivity contribution in [2.45, 2.75) is 19.8 Å².